The van der Waals surface area contributed by atoms with Crippen LogP contribution in [-0.4, -0.2) is 31.5 Å². The van der Waals surface area contributed by atoms with Crippen molar-refractivity contribution in [2.24, 2.45) is 5.92 Å². The summed E-state index contributed by atoms with van der Waals surface area (Å²) in [6.07, 6.45) is 2.05. The maximum absolute atomic E-state index is 11.6. The summed E-state index contributed by atoms with van der Waals surface area (Å²) < 4.78 is 0. The molecule has 0 aliphatic heterocycles. The molecule has 3 aromatic rings. The Balaban J connectivity index is 2.02. The van der Waals surface area contributed by atoms with Gasteiger partial charge in [-0.15, -0.1) is 10.2 Å². The first-order valence-corrected chi connectivity index (χ1v) is 9.19. The molecule has 0 amide bonds. The van der Waals surface area contributed by atoms with E-state index >= 15 is 0 Å². The standard InChI is InChI=1S/C21H24N4O2/c1-4-16-17(10-13(2)3)19(24-25-20(16)21(26)27)18-12-15(22-23-18)11-14-8-6-5-7-9-14/h5-9,12-13H,4,10-11H2,1-3H3,(H,22,23)(H,26,27). The number of aromatic amines is 1. The minimum atomic E-state index is -1.04. The fourth-order valence-electron chi connectivity index (χ4n) is 3.28. The lowest BCUT2D eigenvalue weighted by molar-refractivity contribution is 0.0687. The molecule has 0 fully saturated rings. The first-order valence-electron chi connectivity index (χ1n) is 9.19. The summed E-state index contributed by atoms with van der Waals surface area (Å²) in [6, 6.07) is 12.1. The summed E-state index contributed by atoms with van der Waals surface area (Å²) in [5.41, 5.74) is 5.29. The first kappa shape index (κ1) is 18.8. The van der Waals surface area contributed by atoms with Gasteiger partial charge in [0.25, 0.3) is 0 Å². The number of H-pyrrole nitrogens is 1. The summed E-state index contributed by atoms with van der Waals surface area (Å²) in [7, 11) is 0. The summed E-state index contributed by atoms with van der Waals surface area (Å²) in [4.78, 5) is 11.6. The zero-order valence-electron chi connectivity index (χ0n) is 15.9. The van der Waals surface area contributed by atoms with Crippen LogP contribution in [0, 0.1) is 5.92 Å². The Morgan fingerprint density at radius 2 is 1.89 bits per heavy atom. The molecule has 2 heterocycles. The molecule has 6 nitrogen and oxygen atoms in total. The normalized spacial score (nSPS) is 11.1. The van der Waals surface area contributed by atoms with Crippen LogP contribution in [0.25, 0.3) is 11.4 Å². The van der Waals surface area contributed by atoms with Crippen molar-refractivity contribution in [3.63, 3.8) is 0 Å². The highest BCUT2D eigenvalue weighted by atomic mass is 16.4. The van der Waals surface area contributed by atoms with Gasteiger partial charge in [-0.25, -0.2) is 4.79 Å². The van der Waals surface area contributed by atoms with Gasteiger partial charge in [-0.3, -0.25) is 5.10 Å². The molecule has 3 rings (SSSR count). The van der Waals surface area contributed by atoms with E-state index in [1.807, 2.05) is 31.2 Å². The van der Waals surface area contributed by atoms with Gasteiger partial charge in [0, 0.05) is 6.42 Å². The van der Waals surface area contributed by atoms with E-state index in [1.54, 1.807) is 0 Å². The second-order valence-corrected chi connectivity index (χ2v) is 7.05. The van der Waals surface area contributed by atoms with Crippen LogP contribution in [0.5, 0.6) is 0 Å². The molecule has 0 unspecified atom stereocenters. The van der Waals surface area contributed by atoms with Gasteiger partial charge >= 0.3 is 5.97 Å². The highest BCUT2D eigenvalue weighted by Gasteiger charge is 2.22. The summed E-state index contributed by atoms with van der Waals surface area (Å²) in [6.45, 7) is 6.17. The number of aromatic nitrogens is 4. The first-order chi connectivity index (χ1) is 13.0. The minimum absolute atomic E-state index is 0.0425. The lowest BCUT2D eigenvalue weighted by Gasteiger charge is -2.15. The summed E-state index contributed by atoms with van der Waals surface area (Å²) in [5, 5.41) is 25.2. The Morgan fingerprint density at radius 3 is 2.52 bits per heavy atom. The van der Waals surface area contributed by atoms with E-state index in [0.717, 1.165) is 35.4 Å². The molecule has 0 saturated heterocycles. The van der Waals surface area contributed by atoms with Gasteiger partial charge in [0.1, 0.15) is 5.69 Å². The van der Waals surface area contributed by atoms with E-state index in [-0.39, 0.29) is 5.69 Å². The van der Waals surface area contributed by atoms with Gasteiger partial charge in [0.2, 0.25) is 0 Å². The number of benzene rings is 1. The largest absolute Gasteiger partial charge is 0.476 e. The zero-order valence-corrected chi connectivity index (χ0v) is 15.9. The van der Waals surface area contributed by atoms with Gasteiger partial charge in [-0.1, -0.05) is 51.1 Å². The molecule has 6 heteroatoms. The Kier molecular flexibility index (Phi) is 5.64. The molecule has 0 bridgehead atoms. The third kappa shape index (κ3) is 4.22. The van der Waals surface area contributed by atoms with Crippen LogP contribution < -0.4 is 0 Å². The molecule has 2 N–H and O–H groups in total. The van der Waals surface area contributed by atoms with Crippen molar-refractivity contribution in [3.05, 3.63) is 64.5 Å². The molecule has 1 aromatic carbocycles. The van der Waals surface area contributed by atoms with E-state index in [2.05, 4.69) is 46.4 Å². The van der Waals surface area contributed by atoms with Crippen molar-refractivity contribution in [2.75, 3.05) is 0 Å². The van der Waals surface area contributed by atoms with Crippen molar-refractivity contribution in [3.8, 4) is 11.4 Å². The number of carboxylic acid groups (broad SMARTS) is 1. The van der Waals surface area contributed by atoms with Crippen LogP contribution in [0.2, 0.25) is 0 Å². The predicted octanol–water partition coefficient (Wildman–Crippen LogP) is 3.92. The average molecular weight is 364 g/mol. The van der Waals surface area contributed by atoms with Crippen LogP contribution in [0.4, 0.5) is 0 Å². The zero-order chi connectivity index (χ0) is 19.4. The smallest absolute Gasteiger partial charge is 0.356 e. The number of carbonyl (C=O) groups is 1. The van der Waals surface area contributed by atoms with Gasteiger partial charge in [0.15, 0.2) is 5.69 Å². The SMILES string of the molecule is CCc1c(C(=O)O)nnc(-c2cc(Cc3ccccc3)n[nH]2)c1CC(C)C. The maximum Gasteiger partial charge on any atom is 0.356 e. The number of hydrogen-bond donors (Lipinski definition) is 2. The second kappa shape index (κ2) is 8.12. The van der Waals surface area contributed by atoms with Gasteiger partial charge in [-0.05, 0) is 41.5 Å². The number of carboxylic acids is 1. The Hall–Kier alpha value is -3.02. The Labute approximate surface area is 158 Å². The molecule has 0 saturated carbocycles. The number of hydrogen-bond acceptors (Lipinski definition) is 4. The van der Waals surface area contributed by atoms with Crippen LogP contribution in [0.15, 0.2) is 36.4 Å². The van der Waals surface area contributed by atoms with Crippen LogP contribution in [-0.2, 0) is 19.3 Å². The van der Waals surface area contributed by atoms with Crippen molar-refractivity contribution in [1.82, 2.24) is 20.4 Å². The highest BCUT2D eigenvalue weighted by Crippen LogP contribution is 2.27. The molecule has 0 radical (unpaired) electrons. The summed E-state index contributed by atoms with van der Waals surface area (Å²) >= 11 is 0. The van der Waals surface area contributed by atoms with Crippen LogP contribution >= 0.6 is 0 Å². The second-order valence-electron chi connectivity index (χ2n) is 7.05. The lowest BCUT2D eigenvalue weighted by Crippen LogP contribution is -2.13. The number of aromatic carboxylic acids is 1. The molecular formula is C21H24N4O2. The van der Waals surface area contributed by atoms with Crippen molar-refractivity contribution < 1.29 is 9.90 Å². The van der Waals surface area contributed by atoms with Crippen molar-refractivity contribution >= 4 is 5.97 Å². The van der Waals surface area contributed by atoms with E-state index in [1.165, 1.54) is 5.56 Å². The van der Waals surface area contributed by atoms with Crippen molar-refractivity contribution in [1.29, 1.82) is 0 Å². The Bertz CT molecular complexity index is 933. The van der Waals surface area contributed by atoms with Crippen molar-refractivity contribution in [2.45, 2.75) is 40.0 Å². The Morgan fingerprint density at radius 1 is 1.15 bits per heavy atom. The quantitative estimate of drug-likeness (QED) is 0.663. The number of rotatable bonds is 7. The predicted molar refractivity (Wildman–Crippen MR) is 104 cm³/mol. The molecule has 0 aliphatic carbocycles. The topological polar surface area (TPSA) is 91.8 Å². The van der Waals surface area contributed by atoms with Gasteiger partial charge < -0.3 is 5.11 Å². The molecule has 140 valence electrons. The highest BCUT2D eigenvalue weighted by molar-refractivity contribution is 5.88. The fraction of sp³-hybridized carbons (Fsp3) is 0.333. The molecule has 27 heavy (non-hydrogen) atoms. The fourth-order valence-corrected chi connectivity index (χ4v) is 3.28. The number of nitrogens with one attached hydrogen (secondary N) is 1. The molecule has 0 aliphatic rings. The van der Waals surface area contributed by atoms with E-state index in [9.17, 15) is 9.90 Å². The van der Waals surface area contributed by atoms with E-state index in [4.69, 9.17) is 0 Å². The summed E-state index contributed by atoms with van der Waals surface area (Å²) in [5.74, 6) is -0.670. The molecular weight excluding hydrogens is 340 g/mol. The molecule has 0 atom stereocenters. The van der Waals surface area contributed by atoms with E-state index < -0.39 is 5.97 Å². The van der Waals surface area contributed by atoms with E-state index in [0.29, 0.717) is 18.0 Å². The number of nitrogens with zero attached hydrogens (tertiary/aromatic N) is 3. The monoisotopic (exact) mass is 364 g/mol. The third-order valence-corrected chi connectivity index (χ3v) is 4.47. The molecule has 2 aromatic heterocycles. The van der Waals surface area contributed by atoms with Crippen LogP contribution in [0.3, 0.4) is 0 Å². The van der Waals surface area contributed by atoms with Gasteiger partial charge in [0.05, 0.1) is 11.4 Å². The van der Waals surface area contributed by atoms with Crippen LogP contribution in [0.1, 0.15) is 53.6 Å². The maximum atomic E-state index is 11.6. The lowest BCUT2D eigenvalue weighted by atomic mass is 9.93. The van der Waals surface area contributed by atoms with Gasteiger partial charge in [-0.2, -0.15) is 5.10 Å². The molecule has 0 spiro atoms. The third-order valence-electron chi connectivity index (χ3n) is 4.47. The minimum Gasteiger partial charge on any atom is -0.476 e. The average Bonchev–Trinajstić information content (AvgIpc) is 3.09.